The topological polar surface area (TPSA) is 58.2 Å². The fourth-order valence-corrected chi connectivity index (χ4v) is 4.10. The molecule has 2 amide bonds. The molecule has 0 bridgehead atoms. The molecule has 0 aliphatic rings. The molecule has 3 rings (SSSR count). The number of nitrogens with one attached hydrogen (secondary N) is 2. The number of amides is 2. The zero-order chi connectivity index (χ0) is 21.5. The van der Waals surface area contributed by atoms with Gasteiger partial charge in [-0.3, -0.25) is 9.59 Å². The van der Waals surface area contributed by atoms with Gasteiger partial charge in [-0.1, -0.05) is 62.4 Å². The summed E-state index contributed by atoms with van der Waals surface area (Å²) in [6.07, 6.45) is 0.213. The van der Waals surface area contributed by atoms with Gasteiger partial charge in [0, 0.05) is 22.9 Å². The average molecular weight is 421 g/mol. The van der Waals surface area contributed by atoms with Gasteiger partial charge in [-0.2, -0.15) is 0 Å². The number of carbonyl (C=O) groups is 2. The second-order valence-corrected chi connectivity index (χ2v) is 8.76. The smallest absolute Gasteiger partial charge is 0.251 e. The van der Waals surface area contributed by atoms with E-state index in [4.69, 9.17) is 0 Å². The maximum absolute atomic E-state index is 12.8. The largest absolute Gasteiger partial charge is 0.349 e. The molecule has 0 aliphatic carbocycles. The lowest BCUT2D eigenvalue weighted by molar-refractivity contribution is -0.121. The molecule has 0 spiro atoms. The summed E-state index contributed by atoms with van der Waals surface area (Å²) < 4.78 is 0. The minimum Gasteiger partial charge on any atom is -0.349 e. The van der Waals surface area contributed by atoms with Gasteiger partial charge in [0.25, 0.3) is 5.91 Å². The third-order valence-corrected chi connectivity index (χ3v) is 5.91. The monoisotopic (exact) mass is 420 g/mol. The average Bonchev–Trinajstić information content (AvgIpc) is 3.27. The van der Waals surface area contributed by atoms with E-state index in [-0.39, 0.29) is 30.3 Å². The quantitative estimate of drug-likeness (QED) is 0.520. The number of carbonyl (C=O) groups excluding carboxylic acids is 2. The van der Waals surface area contributed by atoms with Crippen LogP contribution in [0.5, 0.6) is 0 Å². The van der Waals surface area contributed by atoms with Crippen LogP contribution < -0.4 is 10.6 Å². The molecule has 0 radical (unpaired) electrons. The van der Waals surface area contributed by atoms with Crippen LogP contribution in [0.3, 0.4) is 0 Å². The van der Waals surface area contributed by atoms with Gasteiger partial charge in [-0.05, 0) is 47.5 Å². The zero-order valence-corrected chi connectivity index (χ0v) is 18.4. The molecule has 5 heteroatoms. The summed E-state index contributed by atoms with van der Waals surface area (Å²) in [5.74, 6) is 0.195. The Balaban J connectivity index is 1.65. The number of thiophene rings is 1. The van der Waals surface area contributed by atoms with Gasteiger partial charge < -0.3 is 10.6 Å². The van der Waals surface area contributed by atoms with E-state index in [1.165, 1.54) is 5.56 Å². The van der Waals surface area contributed by atoms with E-state index >= 15 is 0 Å². The minimum absolute atomic E-state index is 0.0952. The van der Waals surface area contributed by atoms with Crippen molar-refractivity contribution in [2.24, 2.45) is 0 Å². The van der Waals surface area contributed by atoms with Crippen LogP contribution in [0.15, 0.2) is 72.1 Å². The normalized spacial score (nSPS) is 12.9. The summed E-state index contributed by atoms with van der Waals surface area (Å²) in [5, 5.41) is 8.06. The summed E-state index contributed by atoms with van der Waals surface area (Å²) in [6.45, 7) is 6.18. The highest BCUT2D eigenvalue weighted by molar-refractivity contribution is 7.10. The molecular formula is C25H28N2O2S. The number of rotatable bonds is 8. The van der Waals surface area contributed by atoms with Gasteiger partial charge in [0.1, 0.15) is 0 Å². The highest BCUT2D eigenvalue weighted by Crippen LogP contribution is 2.27. The van der Waals surface area contributed by atoms with Crippen molar-refractivity contribution < 1.29 is 9.59 Å². The lowest BCUT2D eigenvalue weighted by atomic mass is 9.98. The summed E-state index contributed by atoms with van der Waals surface area (Å²) in [5.41, 5.74) is 2.91. The molecule has 4 nitrogen and oxygen atoms in total. The fraction of sp³-hybridized carbons (Fsp3) is 0.280. The first-order valence-corrected chi connectivity index (χ1v) is 11.1. The molecule has 1 aromatic heterocycles. The Morgan fingerprint density at radius 1 is 0.833 bits per heavy atom. The first kappa shape index (κ1) is 21.8. The molecule has 0 fully saturated rings. The molecule has 156 valence electrons. The Hall–Kier alpha value is -2.92. The van der Waals surface area contributed by atoms with Gasteiger partial charge in [-0.15, -0.1) is 11.3 Å². The SMILES string of the molecule is CC(C)c1ccc([C@H](NC(=O)C[C@@H](C)NC(=O)c2ccccc2)c2cccs2)cc1. The van der Waals surface area contributed by atoms with Crippen LogP contribution >= 0.6 is 11.3 Å². The Labute approximate surface area is 182 Å². The standard InChI is InChI=1S/C25H28N2O2S/c1-17(2)19-11-13-20(14-12-19)24(22-10-7-15-30-22)27-23(28)16-18(3)26-25(29)21-8-5-4-6-9-21/h4-15,17-18,24H,16H2,1-3H3,(H,26,29)(H,27,28)/t18-,24+/m1/s1. The van der Waals surface area contributed by atoms with Crippen molar-refractivity contribution in [3.8, 4) is 0 Å². The van der Waals surface area contributed by atoms with E-state index in [2.05, 4.69) is 48.7 Å². The first-order valence-electron chi connectivity index (χ1n) is 10.2. The van der Waals surface area contributed by atoms with Crippen molar-refractivity contribution in [2.75, 3.05) is 0 Å². The molecule has 2 atom stereocenters. The van der Waals surface area contributed by atoms with Crippen molar-refractivity contribution in [1.82, 2.24) is 10.6 Å². The number of hydrogen-bond acceptors (Lipinski definition) is 3. The van der Waals surface area contributed by atoms with Crippen molar-refractivity contribution >= 4 is 23.2 Å². The van der Waals surface area contributed by atoms with Gasteiger partial charge >= 0.3 is 0 Å². The minimum atomic E-state index is -0.273. The fourth-order valence-electron chi connectivity index (χ4n) is 3.29. The second kappa shape index (κ2) is 10.2. The van der Waals surface area contributed by atoms with E-state index < -0.39 is 0 Å². The van der Waals surface area contributed by atoms with Gasteiger partial charge in [0.05, 0.1) is 6.04 Å². The molecule has 2 N–H and O–H groups in total. The van der Waals surface area contributed by atoms with Crippen LogP contribution in [0.2, 0.25) is 0 Å². The molecule has 1 heterocycles. The number of hydrogen-bond donors (Lipinski definition) is 2. The van der Waals surface area contributed by atoms with E-state index in [1.54, 1.807) is 23.5 Å². The summed E-state index contributed by atoms with van der Waals surface area (Å²) in [4.78, 5) is 26.2. The summed E-state index contributed by atoms with van der Waals surface area (Å²) in [7, 11) is 0. The van der Waals surface area contributed by atoms with Gasteiger partial charge in [0.15, 0.2) is 0 Å². The highest BCUT2D eigenvalue weighted by Gasteiger charge is 2.20. The molecule has 3 aromatic rings. The molecule has 0 saturated carbocycles. The van der Waals surface area contributed by atoms with Crippen LogP contribution in [-0.4, -0.2) is 17.9 Å². The molecule has 30 heavy (non-hydrogen) atoms. The molecule has 2 aromatic carbocycles. The van der Waals surface area contributed by atoms with Crippen LogP contribution in [0.1, 0.15) is 65.5 Å². The van der Waals surface area contributed by atoms with E-state index in [0.717, 1.165) is 10.4 Å². The predicted octanol–water partition coefficient (Wildman–Crippen LogP) is 5.29. The molecule has 0 unspecified atom stereocenters. The van der Waals surface area contributed by atoms with E-state index in [0.29, 0.717) is 11.5 Å². The zero-order valence-electron chi connectivity index (χ0n) is 17.6. The van der Waals surface area contributed by atoms with Crippen molar-refractivity contribution in [3.05, 3.63) is 93.7 Å². The highest BCUT2D eigenvalue weighted by atomic mass is 32.1. The van der Waals surface area contributed by atoms with Crippen molar-refractivity contribution in [3.63, 3.8) is 0 Å². The second-order valence-electron chi connectivity index (χ2n) is 7.78. The predicted molar refractivity (Wildman–Crippen MR) is 123 cm³/mol. The molecule has 0 aliphatic heterocycles. The van der Waals surface area contributed by atoms with Crippen LogP contribution in [0.4, 0.5) is 0 Å². The Bertz CT molecular complexity index is 951. The third kappa shape index (κ3) is 5.80. The Morgan fingerprint density at radius 2 is 1.50 bits per heavy atom. The molecule has 0 saturated heterocycles. The first-order chi connectivity index (χ1) is 14.4. The van der Waals surface area contributed by atoms with E-state index in [9.17, 15) is 9.59 Å². The van der Waals surface area contributed by atoms with Crippen LogP contribution in [-0.2, 0) is 4.79 Å². The Kier molecular flexibility index (Phi) is 7.41. The number of benzene rings is 2. The van der Waals surface area contributed by atoms with Gasteiger partial charge in [0.2, 0.25) is 5.91 Å². The lowest BCUT2D eigenvalue weighted by Crippen LogP contribution is -2.38. The van der Waals surface area contributed by atoms with Crippen LogP contribution in [0, 0.1) is 0 Å². The maximum Gasteiger partial charge on any atom is 0.251 e. The molecular weight excluding hydrogens is 392 g/mol. The van der Waals surface area contributed by atoms with Crippen molar-refractivity contribution in [1.29, 1.82) is 0 Å². The van der Waals surface area contributed by atoms with Crippen molar-refractivity contribution in [2.45, 2.75) is 45.2 Å². The van der Waals surface area contributed by atoms with Gasteiger partial charge in [-0.25, -0.2) is 0 Å². The third-order valence-electron chi connectivity index (χ3n) is 4.97. The summed E-state index contributed by atoms with van der Waals surface area (Å²) in [6, 6.07) is 21.0. The van der Waals surface area contributed by atoms with E-state index in [1.807, 2.05) is 42.6 Å². The summed E-state index contributed by atoms with van der Waals surface area (Å²) >= 11 is 1.62. The van der Waals surface area contributed by atoms with Crippen LogP contribution in [0.25, 0.3) is 0 Å². The Morgan fingerprint density at radius 3 is 2.10 bits per heavy atom. The lowest BCUT2D eigenvalue weighted by Gasteiger charge is -2.21. The maximum atomic E-state index is 12.8.